The molecule has 0 nitrogen and oxygen atoms in total. The first-order chi connectivity index (χ1) is 7.42. The minimum Gasteiger partial charge on any atom is -0.259 e. The molecule has 0 radical (unpaired) electrons. The third-order valence-corrected chi connectivity index (χ3v) is 2.56. The van der Waals surface area contributed by atoms with Gasteiger partial charge in [-0.05, 0) is 0 Å². The summed E-state index contributed by atoms with van der Waals surface area (Å²) in [5.41, 5.74) is 2.07. The van der Waals surface area contributed by atoms with Crippen molar-refractivity contribution in [1.29, 1.82) is 0 Å². The zero-order valence-corrected chi connectivity index (χ0v) is 8.44. The second-order valence-corrected chi connectivity index (χ2v) is 3.53. The molecule has 2 aromatic carbocycles. The molecule has 0 saturated carbocycles. The largest absolute Gasteiger partial charge is 0.259 e. The molecule has 0 atom stereocenters. The quantitative estimate of drug-likeness (QED) is 0.659. The highest BCUT2D eigenvalue weighted by Gasteiger charge is 2.17. The van der Waals surface area contributed by atoms with Crippen LogP contribution < -0.4 is 10.9 Å². The highest BCUT2D eigenvalue weighted by Crippen LogP contribution is 1.93. The van der Waals surface area contributed by atoms with Crippen molar-refractivity contribution >= 4 is 17.6 Å². The van der Waals surface area contributed by atoms with E-state index in [2.05, 4.69) is 0 Å². The van der Waals surface area contributed by atoms with E-state index in [1.54, 1.807) is 0 Å². The Morgan fingerprint density at radius 3 is 1.47 bits per heavy atom. The van der Waals surface area contributed by atoms with Crippen LogP contribution in [-0.4, -0.2) is 13.3 Å². The van der Waals surface area contributed by atoms with Crippen molar-refractivity contribution in [3.8, 4) is 0 Å². The van der Waals surface area contributed by atoms with Crippen LogP contribution in [0.25, 0.3) is 0 Å². The first kappa shape index (κ1) is 9.97. The minimum absolute atomic E-state index is 0.132. The van der Waals surface area contributed by atoms with Gasteiger partial charge in [-0.3, -0.25) is 4.39 Å². The molecule has 0 aliphatic carbocycles. The zero-order chi connectivity index (χ0) is 10.5. The molecule has 0 unspecified atom stereocenters. The molecule has 15 heavy (non-hydrogen) atoms. The average Bonchev–Trinajstić information content (AvgIpc) is 2.33. The lowest BCUT2D eigenvalue weighted by atomic mass is 9.42. The zero-order valence-electron chi connectivity index (χ0n) is 8.44. The third kappa shape index (κ3) is 2.27. The smallest absolute Gasteiger partial charge is 0.244 e. The normalized spacial score (nSPS) is 9.93. The van der Waals surface area contributed by atoms with E-state index in [4.69, 9.17) is 0 Å². The van der Waals surface area contributed by atoms with E-state index in [0.29, 0.717) is 0 Å². The van der Waals surface area contributed by atoms with Gasteiger partial charge in [0.15, 0.2) is 0 Å². The van der Waals surface area contributed by atoms with Crippen molar-refractivity contribution in [2.45, 2.75) is 0 Å². The fraction of sp³-hybridized carbons (Fsp3) is 0.0769. The Balaban J connectivity index is 2.34. The van der Waals surface area contributed by atoms with Crippen LogP contribution in [-0.2, 0) is 0 Å². The van der Waals surface area contributed by atoms with Gasteiger partial charge in [0.2, 0.25) is 6.71 Å². The summed E-state index contributed by atoms with van der Waals surface area (Å²) < 4.78 is 13.0. The van der Waals surface area contributed by atoms with Crippen LogP contribution in [0.1, 0.15) is 0 Å². The maximum atomic E-state index is 13.0. The first-order valence-corrected chi connectivity index (χ1v) is 5.07. The van der Waals surface area contributed by atoms with Crippen LogP contribution in [0, 0.1) is 0 Å². The fourth-order valence-electron chi connectivity index (χ4n) is 1.74. The summed E-state index contributed by atoms with van der Waals surface area (Å²) in [6, 6.07) is 19.6. The monoisotopic (exact) mass is 198 g/mol. The maximum absolute atomic E-state index is 13.0. The fourth-order valence-corrected chi connectivity index (χ4v) is 1.74. The Morgan fingerprint density at radius 1 is 0.733 bits per heavy atom. The Bertz CT molecular complexity index is 360. The lowest BCUT2D eigenvalue weighted by Crippen LogP contribution is -2.44. The molecule has 0 bridgehead atoms. The molecular weight excluding hydrogens is 186 g/mol. The van der Waals surface area contributed by atoms with Crippen molar-refractivity contribution in [3.63, 3.8) is 0 Å². The molecule has 0 amide bonds. The Labute approximate surface area is 89.8 Å². The number of benzene rings is 2. The van der Waals surface area contributed by atoms with Crippen molar-refractivity contribution in [1.82, 2.24) is 0 Å². The summed E-state index contributed by atoms with van der Waals surface area (Å²) in [5.74, 6) is 0. The molecule has 0 aliphatic rings. The van der Waals surface area contributed by atoms with Gasteiger partial charge in [0.25, 0.3) is 0 Å². The molecular formula is C13H12BF. The number of hydrogen-bond donors (Lipinski definition) is 0. The van der Waals surface area contributed by atoms with E-state index < -0.39 is 0 Å². The van der Waals surface area contributed by atoms with Gasteiger partial charge < -0.3 is 0 Å². The summed E-state index contributed by atoms with van der Waals surface area (Å²) in [6.45, 7) is -0.485. The van der Waals surface area contributed by atoms with E-state index in [1.165, 1.54) is 0 Å². The molecule has 2 heteroatoms. The Hall–Kier alpha value is -1.57. The van der Waals surface area contributed by atoms with E-state index in [1.807, 2.05) is 60.7 Å². The maximum Gasteiger partial charge on any atom is 0.244 e. The molecule has 2 rings (SSSR count). The van der Waals surface area contributed by atoms with E-state index in [-0.39, 0.29) is 13.3 Å². The molecule has 0 heterocycles. The van der Waals surface area contributed by atoms with Gasteiger partial charge in [0.05, 0.1) is 6.57 Å². The van der Waals surface area contributed by atoms with Crippen molar-refractivity contribution < 1.29 is 4.39 Å². The average molecular weight is 198 g/mol. The standard InChI is InChI=1S/C13H12BF/c15-11-14(12-7-3-1-4-8-12)13-9-5-2-6-10-13/h1-10H,11H2. The summed E-state index contributed by atoms with van der Waals surface area (Å²) >= 11 is 0. The van der Waals surface area contributed by atoms with Gasteiger partial charge >= 0.3 is 0 Å². The van der Waals surface area contributed by atoms with Gasteiger partial charge in [0, 0.05) is 0 Å². The topological polar surface area (TPSA) is 0 Å². The number of rotatable bonds is 3. The van der Waals surface area contributed by atoms with E-state index >= 15 is 0 Å². The predicted octanol–water partition coefficient (Wildman–Crippen LogP) is 1.80. The second-order valence-electron chi connectivity index (χ2n) is 3.53. The Morgan fingerprint density at radius 2 is 1.13 bits per heavy atom. The van der Waals surface area contributed by atoms with E-state index in [9.17, 15) is 4.39 Å². The highest BCUT2D eigenvalue weighted by atomic mass is 19.1. The van der Waals surface area contributed by atoms with Crippen molar-refractivity contribution in [3.05, 3.63) is 60.7 Å². The molecule has 0 aromatic heterocycles. The van der Waals surface area contributed by atoms with Gasteiger partial charge in [-0.25, -0.2) is 0 Å². The van der Waals surface area contributed by atoms with Crippen molar-refractivity contribution in [2.24, 2.45) is 0 Å². The number of alkyl halides is 1. The first-order valence-electron chi connectivity index (χ1n) is 5.07. The van der Waals surface area contributed by atoms with Crippen LogP contribution >= 0.6 is 0 Å². The van der Waals surface area contributed by atoms with Crippen molar-refractivity contribution in [2.75, 3.05) is 6.57 Å². The van der Waals surface area contributed by atoms with Gasteiger partial charge in [-0.15, -0.1) is 0 Å². The summed E-state index contributed by atoms with van der Waals surface area (Å²) in [7, 11) is 0. The molecule has 2 aromatic rings. The summed E-state index contributed by atoms with van der Waals surface area (Å²) in [4.78, 5) is 0. The summed E-state index contributed by atoms with van der Waals surface area (Å²) in [6.07, 6.45) is 0. The van der Waals surface area contributed by atoms with Crippen LogP contribution in [0.3, 0.4) is 0 Å². The van der Waals surface area contributed by atoms with Crippen LogP contribution in [0.2, 0.25) is 0 Å². The molecule has 74 valence electrons. The number of hydrogen-bond acceptors (Lipinski definition) is 0. The second kappa shape index (κ2) is 4.78. The van der Waals surface area contributed by atoms with E-state index in [0.717, 1.165) is 10.9 Å². The lowest BCUT2D eigenvalue weighted by molar-refractivity contribution is 0.592. The minimum atomic E-state index is -0.353. The van der Waals surface area contributed by atoms with Gasteiger partial charge in [-0.2, -0.15) is 0 Å². The highest BCUT2D eigenvalue weighted by molar-refractivity contribution is 6.85. The molecule has 0 N–H and O–H groups in total. The number of halogens is 1. The van der Waals surface area contributed by atoms with Gasteiger partial charge in [0.1, 0.15) is 0 Å². The SMILES string of the molecule is FCB(c1ccccc1)c1ccccc1. The lowest BCUT2D eigenvalue weighted by Gasteiger charge is -2.09. The molecule has 0 saturated heterocycles. The predicted molar refractivity (Wildman–Crippen MR) is 63.9 cm³/mol. The summed E-state index contributed by atoms with van der Waals surface area (Å²) in [5, 5.41) is 0. The molecule has 0 spiro atoms. The Kier molecular flexibility index (Phi) is 3.18. The molecule has 0 fully saturated rings. The van der Waals surface area contributed by atoms with Crippen LogP contribution in [0.5, 0.6) is 0 Å². The molecule has 0 aliphatic heterocycles. The van der Waals surface area contributed by atoms with Crippen LogP contribution in [0.15, 0.2) is 60.7 Å². The van der Waals surface area contributed by atoms with Gasteiger partial charge in [-0.1, -0.05) is 71.6 Å². The van der Waals surface area contributed by atoms with Crippen LogP contribution in [0.4, 0.5) is 4.39 Å². The third-order valence-electron chi connectivity index (χ3n) is 2.56.